The van der Waals surface area contributed by atoms with E-state index in [0.29, 0.717) is 5.92 Å². The zero-order chi connectivity index (χ0) is 8.32. The molecule has 2 unspecified atom stereocenters. The van der Waals surface area contributed by atoms with E-state index in [1.807, 2.05) is 0 Å². The lowest BCUT2D eigenvalue weighted by molar-refractivity contribution is 0.117. The Morgan fingerprint density at radius 3 is 2.55 bits per heavy atom. The molecule has 2 atom stereocenters. The third kappa shape index (κ3) is 2.19. The molecule has 0 amide bonds. The Morgan fingerprint density at radius 1 is 1.36 bits per heavy atom. The number of hydrogen-bond donors (Lipinski definition) is 1. The van der Waals surface area contributed by atoms with E-state index in [2.05, 4.69) is 13.8 Å². The molecule has 0 saturated heterocycles. The molecule has 66 valence electrons. The van der Waals surface area contributed by atoms with Gasteiger partial charge in [-0.2, -0.15) is 0 Å². The van der Waals surface area contributed by atoms with Crippen LogP contribution in [0.25, 0.3) is 0 Å². The first-order valence-corrected chi connectivity index (χ1v) is 4.95. The van der Waals surface area contributed by atoms with Gasteiger partial charge >= 0.3 is 0 Å². The van der Waals surface area contributed by atoms with Crippen molar-refractivity contribution in [3.63, 3.8) is 0 Å². The molecule has 0 spiro atoms. The first-order valence-electron chi connectivity index (χ1n) is 4.95. The van der Waals surface area contributed by atoms with Crippen molar-refractivity contribution in [1.82, 2.24) is 0 Å². The van der Waals surface area contributed by atoms with Crippen LogP contribution in [0, 0.1) is 5.92 Å². The van der Waals surface area contributed by atoms with Gasteiger partial charge in [0.1, 0.15) is 0 Å². The van der Waals surface area contributed by atoms with Crippen LogP contribution in [0.5, 0.6) is 0 Å². The van der Waals surface area contributed by atoms with Crippen molar-refractivity contribution in [2.45, 2.75) is 58.0 Å². The average Bonchev–Trinajstić information content (AvgIpc) is 2.63. The third-order valence-corrected chi connectivity index (χ3v) is 2.91. The van der Waals surface area contributed by atoms with Gasteiger partial charge in [0.15, 0.2) is 0 Å². The number of aliphatic hydroxyl groups is 1. The number of hydrogen-bond acceptors (Lipinski definition) is 1. The molecule has 1 heteroatoms. The van der Waals surface area contributed by atoms with E-state index in [0.717, 1.165) is 19.3 Å². The molecule has 0 bridgehead atoms. The molecule has 1 aliphatic rings. The molecule has 0 aliphatic heterocycles. The van der Waals surface area contributed by atoms with E-state index in [1.54, 1.807) is 0 Å². The van der Waals surface area contributed by atoms with Gasteiger partial charge in [-0.15, -0.1) is 0 Å². The maximum absolute atomic E-state index is 9.82. The molecular formula is C10H20O. The topological polar surface area (TPSA) is 20.2 Å². The molecule has 0 radical (unpaired) electrons. The molecule has 0 aromatic carbocycles. The van der Waals surface area contributed by atoms with Gasteiger partial charge in [-0.1, -0.05) is 39.5 Å². The highest BCUT2D eigenvalue weighted by Crippen LogP contribution is 2.48. The standard InChI is InChI=1S/C10H20O/c1-3-5-6-7-10(11)8-9(10)4-2/h9,11H,3-8H2,1-2H3. The summed E-state index contributed by atoms with van der Waals surface area (Å²) in [5.41, 5.74) is -0.232. The average molecular weight is 156 g/mol. The maximum Gasteiger partial charge on any atom is 0.0680 e. The van der Waals surface area contributed by atoms with Crippen LogP contribution in [0.15, 0.2) is 0 Å². The van der Waals surface area contributed by atoms with Crippen LogP contribution in [-0.2, 0) is 0 Å². The highest BCUT2D eigenvalue weighted by atomic mass is 16.3. The monoisotopic (exact) mass is 156 g/mol. The van der Waals surface area contributed by atoms with Gasteiger partial charge in [0.2, 0.25) is 0 Å². The second-order valence-electron chi connectivity index (χ2n) is 3.87. The third-order valence-electron chi connectivity index (χ3n) is 2.91. The summed E-state index contributed by atoms with van der Waals surface area (Å²) >= 11 is 0. The van der Waals surface area contributed by atoms with E-state index >= 15 is 0 Å². The van der Waals surface area contributed by atoms with Crippen LogP contribution in [0.4, 0.5) is 0 Å². The van der Waals surface area contributed by atoms with Gasteiger partial charge in [-0.25, -0.2) is 0 Å². The summed E-state index contributed by atoms with van der Waals surface area (Å²) in [6.07, 6.45) is 7.00. The zero-order valence-electron chi connectivity index (χ0n) is 7.77. The smallest absolute Gasteiger partial charge is 0.0680 e. The molecule has 1 N–H and O–H groups in total. The van der Waals surface area contributed by atoms with Crippen molar-refractivity contribution < 1.29 is 5.11 Å². The minimum Gasteiger partial charge on any atom is -0.390 e. The van der Waals surface area contributed by atoms with Gasteiger partial charge in [0.05, 0.1) is 5.60 Å². The molecule has 11 heavy (non-hydrogen) atoms. The van der Waals surface area contributed by atoms with Crippen LogP contribution < -0.4 is 0 Å². The van der Waals surface area contributed by atoms with E-state index in [-0.39, 0.29) is 5.60 Å². The van der Waals surface area contributed by atoms with Crippen molar-refractivity contribution in [3.8, 4) is 0 Å². The predicted molar refractivity (Wildman–Crippen MR) is 47.5 cm³/mol. The van der Waals surface area contributed by atoms with E-state index < -0.39 is 0 Å². The lowest BCUT2D eigenvalue weighted by Gasteiger charge is -2.08. The normalized spacial score (nSPS) is 35.7. The molecule has 0 heterocycles. The van der Waals surface area contributed by atoms with Crippen LogP contribution in [0.1, 0.15) is 52.4 Å². The fourth-order valence-corrected chi connectivity index (χ4v) is 1.88. The summed E-state index contributed by atoms with van der Waals surface area (Å²) in [4.78, 5) is 0. The lowest BCUT2D eigenvalue weighted by atomic mass is 10.1. The van der Waals surface area contributed by atoms with Crippen molar-refractivity contribution in [1.29, 1.82) is 0 Å². The summed E-state index contributed by atoms with van der Waals surface area (Å²) in [6, 6.07) is 0. The highest BCUT2D eigenvalue weighted by Gasteiger charge is 2.50. The fourth-order valence-electron chi connectivity index (χ4n) is 1.88. The Labute approximate surface area is 69.8 Å². The van der Waals surface area contributed by atoms with Crippen molar-refractivity contribution >= 4 is 0 Å². The minimum atomic E-state index is -0.232. The minimum absolute atomic E-state index is 0.232. The van der Waals surface area contributed by atoms with Gasteiger partial charge in [0.25, 0.3) is 0 Å². The maximum atomic E-state index is 9.82. The van der Waals surface area contributed by atoms with Crippen LogP contribution in [-0.4, -0.2) is 10.7 Å². The van der Waals surface area contributed by atoms with Crippen molar-refractivity contribution in [2.24, 2.45) is 5.92 Å². The molecule has 1 rings (SSSR count). The molecule has 0 aromatic heterocycles. The Morgan fingerprint density at radius 2 is 2.09 bits per heavy atom. The van der Waals surface area contributed by atoms with Crippen molar-refractivity contribution in [2.75, 3.05) is 0 Å². The highest BCUT2D eigenvalue weighted by molar-refractivity contribution is 5.01. The van der Waals surface area contributed by atoms with Gasteiger partial charge in [-0.3, -0.25) is 0 Å². The van der Waals surface area contributed by atoms with E-state index in [9.17, 15) is 5.11 Å². The molecule has 1 nitrogen and oxygen atoms in total. The van der Waals surface area contributed by atoms with Crippen LogP contribution in [0.3, 0.4) is 0 Å². The molecule has 1 saturated carbocycles. The first-order chi connectivity index (χ1) is 5.23. The van der Waals surface area contributed by atoms with Gasteiger partial charge in [-0.05, 0) is 18.8 Å². The predicted octanol–water partition coefficient (Wildman–Crippen LogP) is 2.73. The summed E-state index contributed by atoms with van der Waals surface area (Å²) in [6.45, 7) is 4.37. The van der Waals surface area contributed by atoms with Gasteiger partial charge < -0.3 is 5.11 Å². The van der Waals surface area contributed by atoms with Crippen LogP contribution >= 0.6 is 0 Å². The fraction of sp³-hybridized carbons (Fsp3) is 1.00. The molecule has 1 aliphatic carbocycles. The number of unbranched alkanes of at least 4 members (excludes halogenated alkanes) is 2. The summed E-state index contributed by atoms with van der Waals surface area (Å²) in [5, 5.41) is 9.82. The summed E-state index contributed by atoms with van der Waals surface area (Å²) in [7, 11) is 0. The zero-order valence-corrected chi connectivity index (χ0v) is 7.77. The lowest BCUT2D eigenvalue weighted by Crippen LogP contribution is -2.10. The molecule has 1 fully saturated rings. The first kappa shape index (κ1) is 9.05. The Hall–Kier alpha value is -0.0400. The Balaban J connectivity index is 2.08. The number of rotatable bonds is 5. The second-order valence-corrected chi connectivity index (χ2v) is 3.87. The largest absolute Gasteiger partial charge is 0.390 e. The van der Waals surface area contributed by atoms with Gasteiger partial charge in [0, 0.05) is 0 Å². The van der Waals surface area contributed by atoms with Crippen molar-refractivity contribution in [3.05, 3.63) is 0 Å². The summed E-state index contributed by atoms with van der Waals surface area (Å²) < 4.78 is 0. The summed E-state index contributed by atoms with van der Waals surface area (Å²) in [5.74, 6) is 0.624. The molecule has 0 aromatic rings. The van der Waals surface area contributed by atoms with Crippen LogP contribution in [0.2, 0.25) is 0 Å². The van der Waals surface area contributed by atoms with E-state index in [4.69, 9.17) is 0 Å². The second kappa shape index (κ2) is 3.57. The Bertz CT molecular complexity index is 122. The molecular weight excluding hydrogens is 136 g/mol. The SMILES string of the molecule is CCCCCC1(O)CC1CC. The van der Waals surface area contributed by atoms with E-state index in [1.165, 1.54) is 19.3 Å². The quantitative estimate of drug-likeness (QED) is 0.607. The Kier molecular flexibility index (Phi) is 2.94.